The lowest BCUT2D eigenvalue weighted by Gasteiger charge is -2.24. The van der Waals surface area contributed by atoms with Crippen LogP contribution in [0.15, 0.2) is 12.1 Å². The predicted octanol–water partition coefficient (Wildman–Crippen LogP) is 4.04. The van der Waals surface area contributed by atoms with Gasteiger partial charge in [-0.15, -0.1) is 0 Å². The van der Waals surface area contributed by atoms with Crippen molar-refractivity contribution in [3.63, 3.8) is 0 Å². The summed E-state index contributed by atoms with van der Waals surface area (Å²) in [6.07, 6.45) is -4.51. The number of benzene rings is 1. The van der Waals surface area contributed by atoms with E-state index in [2.05, 4.69) is 0 Å². The van der Waals surface area contributed by atoms with Crippen molar-refractivity contribution in [2.45, 2.75) is 25.4 Å². The summed E-state index contributed by atoms with van der Waals surface area (Å²) in [5.74, 6) is -2.03. The fourth-order valence-corrected chi connectivity index (χ4v) is 2.78. The van der Waals surface area contributed by atoms with Gasteiger partial charge in [-0.2, -0.15) is 13.2 Å². The lowest BCUT2D eigenvalue weighted by molar-refractivity contribution is -0.185. The summed E-state index contributed by atoms with van der Waals surface area (Å²) in [6, 6.07) is 3.34. The largest absolute Gasteiger partial charge is 0.471 e. The minimum absolute atomic E-state index is 0.0172. The van der Waals surface area contributed by atoms with E-state index in [4.69, 9.17) is 23.2 Å². The number of hydrogen-bond acceptors (Lipinski definition) is 1. The first-order chi connectivity index (χ1) is 9.20. The van der Waals surface area contributed by atoms with Crippen molar-refractivity contribution in [3.05, 3.63) is 33.3 Å². The Morgan fingerprint density at radius 1 is 1.30 bits per heavy atom. The number of amides is 1. The minimum atomic E-state index is -4.84. The van der Waals surface area contributed by atoms with Crippen molar-refractivity contribution in [3.8, 4) is 0 Å². The summed E-state index contributed by atoms with van der Waals surface area (Å²) in [5.41, 5.74) is 1.68. The van der Waals surface area contributed by atoms with Crippen LogP contribution in [-0.2, 0) is 11.2 Å². The molecule has 20 heavy (non-hydrogen) atoms. The highest BCUT2D eigenvalue weighted by Gasteiger charge is 2.43. The molecule has 0 aliphatic carbocycles. The average Bonchev–Trinajstić information content (AvgIpc) is 2.49. The van der Waals surface area contributed by atoms with Crippen molar-refractivity contribution >= 4 is 29.1 Å². The number of carbonyl (C=O) groups is 1. The predicted molar refractivity (Wildman–Crippen MR) is 71.2 cm³/mol. The Morgan fingerprint density at radius 2 is 1.90 bits per heavy atom. The zero-order valence-electron chi connectivity index (χ0n) is 10.6. The van der Waals surface area contributed by atoms with E-state index in [1.165, 1.54) is 0 Å². The molecular formula is C13H12Cl2F3NO. The highest BCUT2D eigenvalue weighted by atomic mass is 35.5. The Bertz CT molecular complexity index is 545. The van der Waals surface area contributed by atoms with Gasteiger partial charge in [0.2, 0.25) is 0 Å². The van der Waals surface area contributed by atoms with Crippen molar-refractivity contribution in [2.75, 3.05) is 13.1 Å². The van der Waals surface area contributed by atoms with E-state index in [1.807, 2.05) is 0 Å². The molecule has 1 aromatic carbocycles. The van der Waals surface area contributed by atoms with E-state index >= 15 is 0 Å². The quantitative estimate of drug-likeness (QED) is 0.704. The number of rotatable bonds is 0. The van der Waals surface area contributed by atoms with Crippen LogP contribution in [0.1, 0.15) is 24.0 Å². The molecule has 0 radical (unpaired) electrons. The summed E-state index contributed by atoms with van der Waals surface area (Å²) >= 11 is 11.9. The van der Waals surface area contributed by atoms with Crippen molar-refractivity contribution < 1.29 is 18.0 Å². The van der Waals surface area contributed by atoms with Gasteiger partial charge in [0.25, 0.3) is 0 Å². The Balaban J connectivity index is 2.30. The molecule has 2 nitrogen and oxygen atoms in total. The third-order valence-corrected chi connectivity index (χ3v) is 4.11. The Hall–Kier alpha value is -0.940. The molecule has 1 heterocycles. The van der Waals surface area contributed by atoms with Crippen LogP contribution in [0.5, 0.6) is 0 Å². The number of alkyl halides is 3. The normalized spacial score (nSPS) is 19.5. The van der Waals surface area contributed by atoms with Crippen LogP contribution in [0.2, 0.25) is 10.0 Å². The average molecular weight is 326 g/mol. The van der Waals surface area contributed by atoms with Crippen LogP contribution in [0, 0.1) is 0 Å². The van der Waals surface area contributed by atoms with E-state index in [1.54, 1.807) is 19.1 Å². The molecule has 0 saturated carbocycles. The Kier molecular flexibility index (Phi) is 4.21. The molecule has 1 unspecified atom stereocenters. The summed E-state index contributed by atoms with van der Waals surface area (Å²) < 4.78 is 37.6. The van der Waals surface area contributed by atoms with Crippen LogP contribution in [0.3, 0.4) is 0 Å². The second kappa shape index (κ2) is 5.45. The van der Waals surface area contributed by atoms with Crippen LogP contribution >= 0.6 is 23.2 Å². The molecule has 0 saturated heterocycles. The molecule has 2 rings (SSSR count). The van der Waals surface area contributed by atoms with Crippen molar-refractivity contribution in [1.29, 1.82) is 0 Å². The Morgan fingerprint density at radius 3 is 2.50 bits per heavy atom. The lowest BCUT2D eigenvalue weighted by atomic mass is 9.95. The first-order valence-electron chi connectivity index (χ1n) is 6.04. The second-order valence-corrected chi connectivity index (χ2v) is 5.68. The third-order valence-electron chi connectivity index (χ3n) is 3.39. The molecule has 110 valence electrons. The van der Waals surface area contributed by atoms with E-state index in [0.717, 1.165) is 16.0 Å². The summed E-state index contributed by atoms with van der Waals surface area (Å²) in [7, 11) is 0. The topological polar surface area (TPSA) is 20.3 Å². The number of fused-ring (bicyclic) bond motifs is 1. The second-order valence-electron chi connectivity index (χ2n) is 4.87. The van der Waals surface area contributed by atoms with E-state index in [9.17, 15) is 18.0 Å². The van der Waals surface area contributed by atoms with Gasteiger partial charge in [0.1, 0.15) is 0 Å². The van der Waals surface area contributed by atoms with E-state index in [0.29, 0.717) is 16.5 Å². The van der Waals surface area contributed by atoms with Gasteiger partial charge in [0, 0.05) is 13.1 Å². The summed E-state index contributed by atoms with van der Waals surface area (Å²) in [4.78, 5) is 12.2. The standard InChI is InChI=1S/C13H12Cl2F3NO/c1-7-6-19(12(20)13(16,17)18)3-2-8-4-10(14)11(15)5-9(7)8/h4-5,7H,2-3,6H2,1H3. The summed E-state index contributed by atoms with van der Waals surface area (Å²) in [6.45, 7) is 1.81. The van der Waals surface area contributed by atoms with Gasteiger partial charge in [-0.05, 0) is 35.6 Å². The Labute approximate surface area is 124 Å². The zero-order valence-corrected chi connectivity index (χ0v) is 12.1. The molecule has 0 aromatic heterocycles. The highest BCUT2D eigenvalue weighted by molar-refractivity contribution is 6.42. The van der Waals surface area contributed by atoms with Crippen LogP contribution in [0.4, 0.5) is 13.2 Å². The molecule has 0 spiro atoms. The van der Waals surface area contributed by atoms with Crippen LogP contribution < -0.4 is 0 Å². The van der Waals surface area contributed by atoms with Gasteiger partial charge in [0.05, 0.1) is 10.0 Å². The molecular weight excluding hydrogens is 314 g/mol. The van der Waals surface area contributed by atoms with Gasteiger partial charge < -0.3 is 4.90 Å². The molecule has 1 aromatic rings. The zero-order chi connectivity index (χ0) is 15.1. The molecule has 0 fully saturated rings. The molecule has 7 heteroatoms. The van der Waals surface area contributed by atoms with Gasteiger partial charge in [-0.25, -0.2) is 0 Å². The molecule has 0 bridgehead atoms. The molecule has 1 amide bonds. The minimum Gasteiger partial charge on any atom is -0.334 e. The monoisotopic (exact) mass is 325 g/mol. The van der Waals surface area contributed by atoms with Crippen molar-refractivity contribution in [2.24, 2.45) is 0 Å². The van der Waals surface area contributed by atoms with Crippen LogP contribution in [0.25, 0.3) is 0 Å². The number of carbonyl (C=O) groups excluding carboxylic acids is 1. The fraction of sp³-hybridized carbons (Fsp3) is 0.462. The smallest absolute Gasteiger partial charge is 0.334 e. The third kappa shape index (κ3) is 3.04. The van der Waals surface area contributed by atoms with Crippen LogP contribution in [-0.4, -0.2) is 30.1 Å². The number of hydrogen-bond donors (Lipinski definition) is 0. The van der Waals surface area contributed by atoms with Gasteiger partial charge in [-0.3, -0.25) is 4.79 Å². The summed E-state index contributed by atoms with van der Waals surface area (Å²) in [5, 5.41) is 0.737. The maximum atomic E-state index is 12.5. The van der Waals surface area contributed by atoms with Gasteiger partial charge >= 0.3 is 12.1 Å². The van der Waals surface area contributed by atoms with E-state index < -0.39 is 12.1 Å². The molecule has 1 aliphatic heterocycles. The maximum absolute atomic E-state index is 12.5. The van der Waals surface area contributed by atoms with Gasteiger partial charge in [0.15, 0.2) is 0 Å². The SMILES string of the molecule is CC1CN(C(=O)C(F)(F)F)CCc2cc(Cl)c(Cl)cc21. The van der Waals surface area contributed by atoms with Gasteiger partial charge in [-0.1, -0.05) is 30.1 Å². The molecule has 0 N–H and O–H groups in total. The fourth-order valence-electron chi connectivity index (χ4n) is 2.42. The highest BCUT2D eigenvalue weighted by Crippen LogP contribution is 2.33. The maximum Gasteiger partial charge on any atom is 0.471 e. The number of nitrogens with zero attached hydrogens (tertiary/aromatic N) is 1. The first kappa shape index (κ1) is 15.4. The van der Waals surface area contributed by atoms with Crippen molar-refractivity contribution in [1.82, 2.24) is 4.90 Å². The lowest BCUT2D eigenvalue weighted by Crippen LogP contribution is -2.42. The first-order valence-corrected chi connectivity index (χ1v) is 6.79. The number of halogens is 5. The molecule has 1 atom stereocenters. The van der Waals surface area contributed by atoms with E-state index in [-0.39, 0.29) is 19.0 Å². The molecule has 1 aliphatic rings.